The predicted octanol–water partition coefficient (Wildman–Crippen LogP) is 4.76. The molecule has 1 N–H and O–H groups in total. The minimum absolute atomic E-state index is 0.0886. The number of nitro groups is 1. The van der Waals surface area contributed by atoms with Gasteiger partial charge in [0.25, 0.3) is 5.69 Å². The first kappa shape index (κ1) is 16.3. The predicted molar refractivity (Wildman–Crippen MR) is 90.4 cm³/mol. The number of hydrogen-bond donors (Lipinski definition) is 1. The molecule has 0 fully saturated rings. The second kappa shape index (κ2) is 7.79. The Balaban J connectivity index is 1.96. The Morgan fingerprint density at radius 2 is 1.95 bits per heavy atom. The normalized spacial score (nSPS) is 10.3. The molecule has 5 nitrogen and oxygen atoms in total. The molecule has 2 rings (SSSR count). The average Bonchev–Trinajstić information content (AvgIpc) is 2.52. The van der Waals surface area contributed by atoms with Crippen LogP contribution in [0.5, 0.6) is 5.75 Å². The first-order valence-corrected chi connectivity index (χ1v) is 7.79. The third-order valence-electron chi connectivity index (χ3n) is 3.03. The summed E-state index contributed by atoms with van der Waals surface area (Å²) in [6.07, 6.45) is 0.968. The van der Waals surface area contributed by atoms with Crippen LogP contribution < -0.4 is 10.1 Å². The molecular weight excluding hydrogens is 348 g/mol. The van der Waals surface area contributed by atoms with Gasteiger partial charge in [0.1, 0.15) is 5.75 Å². The van der Waals surface area contributed by atoms with Crippen molar-refractivity contribution in [2.75, 3.05) is 11.9 Å². The molecular formula is C16H17BrN2O3. The van der Waals surface area contributed by atoms with E-state index in [1.54, 1.807) is 12.1 Å². The van der Waals surface area contributed by atoms with E-state index in [9.17, 15) is 10.1 Å². The number of ether oxygens (including phenoxy) is 1. The van der Waals surface area contributed by atoms with Crippen LogP contribution in [0.25, 0.3) is 0 Å². The van der Waals surface area contributed by atoms with Crippen LogP contribution in [-0.2, 0) is 6.54 Å². The van der Waals surface area contributed by atoms with E-state index in [4.69, 9.17) is 4.74 Å². The van der Waals surface area contributed by atoms with Gasteiger partial charge in [-0.25, -0.2) is 0 Å². The number of anilines is 1. The van der Waals surface area contributed by atoms with Gasteiger partial charge in [0.2, 0.25) is 0 Å². The van der Waals surface area contributed by atoms with E-state index in [1.807, 2.05) is 18.2 Å². The minimum Gasteiger partial charge on any atom is -0.492 e. The quantitative estimate of drug-likeness (QED) is 0.568. The van der Waals surface area contributed by atoms with Crippen molar-refractivity contribution in [3.8, 4) is 5.75 Å². The van der Waals surface area contributed by atoms with Crippen molar-refractivity contribution in [3.05, 3.63) is 62.6 Å². The summed E-state index contributed by atoms with van der Waals surface area (Å²) in [4.78, 5) is 10.2. The van der Waals surface area contributed by atoms with Crippen molar-refractivity contribution in [2.24, 2.45) is 0 Å². The molecule has 0 radical (unpaired) electrons. The van der Waals surface area contributed by atoms with Gasteiger partial charge in [0.05, 0.1) is 16.0 Å². The maximum atomic E-state index is 10.6. The molecule has 0 aliphatic heterocycles. The Hall–Kier alpha value is -2.08. The van der Waals surface area contributed by atoms with Crippen LogP contribution in [-0.4, -0.2) is 11.5 Å². The van der Waals surface area contributed by atoms with E-state index in [0.717, 1.165) is 27.9 Å². The molecule has 0 aliphatic carbocycles. The second-order valence-corrected chi connectivity index (χ2v) is 5.63. The Morgan fingerprint density at radius 1 is 1.23 bits per heavy atom. The SMILES string of the molecule is CCCOc1ccc(CNc2ccc([N+](=O)[O-])cc2)cc1Br. The summed E-state index contributed by atoms with van der Waals surface area (Å²) in [5, 5.41) is 13.8. The van der Waals surface area contributed by atoms with E-state index >= 15 is 0 Å². The van der Waals surface area contributed by atoms with Gasteiger partial charge >= 0.3 is 0 Å². The summed E-state index contributed by atoms with van der Waals surface area (Å²) in [6.45, 7) is 3.39. The van der Waals surface area contributed by atoms with E-state index in [2.05, 4.69) is 28.2 Å². The summed E-state index contributed by atoms with van der Waals surface area (Å²) >= 11 is 3.50. The molecule has 6 heteroatoms. The summed E-state index contributed by atoms with van der Waals surface area (Å²) in [5.74, 6) is 0.834. The van der Waals surface area contributed by atoms with Crippen LogP contribution in [0.15, 0.2) is 46.9 Å². The fourth-order valence-corrected chi connectivity index (χ4v) is 2.43. The van der Waals surface area contributed by atoms with E-state index in [1.165, 1.54) is 12.1 Å². The lowest BCUT2D eigenvalue weighted by Crippen LogP contribution is -2.01. The summed E-state index contributed by atoms with van der Waals surface area (Å²) < 4.78 is 6.53. The lowest BCUT2D eigenvalue weighted by atomic mass is 10.2. The Bertz CT molecular complexity index is 644. The second-order valence-electron chi connectivity index (χ2n) is 4.77. The van der Waals surface area contributed by atoms with Gasteiger partial charge < -0.3 is 10.1 Å². The van der Waals surface area contributed by atoms with Gasteiger partial charge in [-0.05, 0) is 52.2 Å². The molecule has 2 aromatic carbocycles. The van der Waals surface area contributed by atoms with Crippen LogP contribution in [0, 0.1) is 10.1 Å². The number of benzene rings is 2. The highest BCUT2D eigenvalue weighted by atomic mass is 79.9. The fourth-order valence-electron chi connectivity index (χ4n) is 1.89. The summed E-state index contributed by atoms with van der Waals surface area (Å²) in [7, 11) is 0. The van der Waals surface area contributed by atoms with Gasteiger partial charge in [-0.1, -0.05) is 13.0 Å². The van der Waals surface area contributed by atoms with Crippen LogP contribution in [0.3, 0.4) is 0 Å². The molecule has 0 aromatic heterocycles. The summed E-state index contributed by atoms with van der Waals surface area (Å²) in [6, 6.07) is 12.3. The third-order valence-corrected chi connectivity index (χ3v) is 3.65. The number of hydrogen-bond acceptors (Lipinski definition) is 4. The number of halogens is 1. The van der Waals surface area contributed by atoms with Crippen LogP contribution in [0.4, 0.5) is 11.4 Å². The maximum Gasteiger partial charge on any atom is 0.269 e. The molecule has 0 bridgehead atoms. The molecule has 0 atom stereocenters. The number of rotatable bonds is 7. The Kier molecular flexibility index (Phi) is 5.77. The zero-order valence-corrected chi connectivity index (χ0v) is 13.8. The minimum atomic E-state index is -0.407. The lowest BCUT2D eigenvalue weighted by molar-refractivity contribution is -0.384. The van der Waals surface area contributed by atoms with Gasteiger partial charge in [-0.15, -0.1) is 0 Å². The van der Waals surface area contributed by atoms with Crippen molar-refractivity contribution in [2.45, 2.75) is 19.9 Å². The van der Waals surface area contributed by atoms with Crippen LogP contribution >= 0.6 is 15.9 Å². The van der Waals surface area contributed by atoms with E-state index in [-0.39, 0.29) is 5.69 Å². The smallest absolute Gasteiger partial charge is 0.269 e. The van der Waals surface area contributed by atoms with Crippen molar-refractivity contribution < 1.29 is 9.66 Å². The lowest BCUT2D eigenvalue weighted by Gasteiger charge is -2.10. The van der Waals surface area contributed by atoms with E-state index in [0.29, 0.717) is 13.2 Å². The van der Waals surface area contributed by atoms with Gasteiger partial charge in [0, 0.05) is 24.4 Å². The molecule has 0 heterocycles. The third kappa shape index (κ3) is 4.46. The highest BCUT2D eigenvalue weighted by Gasteiger charge is 2.05. The molecule has 0 spiro atoms. The molecule has 22 heavy (non-hydrogen) atoms. The number of non-ortho nitro benzene ring substituents is 1. The number of nitrogens with one attached hydrogen (secondary N) is 1. The van der Waals surface area contributed by atoms with E-state index < -0.39 is 4.92 Å². The largest absolute Gasteiger partial charge is 0.492 e. The molecule has 0 amide bonds. The van der Waals surface area contributed by atoms with Crippen LogP contribution in [0.2, 0.25) is 0 Å². The zero-order valence-electron chi connectivity index (χ0n) is 12.2. The van der Waals surface area contributed by atoms with Crippen molar-refractivity contribution in [1.82, 2.24) is 0 Å². The molecule has 0 aliphatic rings. The number of nitro benzene ring substituents is 1. The molecule has 0 unspecified atom stereocenters. The number of nitrogens with zero attached hydrogens (tertiary/aromatic N) is 1. The molecule has 116 valence electrons. The standard InChI is InChI=1S/C16H17BrN2O3/c1-2-9-22-16-8-3-12(10-15(16)17)11-18-13-4-6-14(7-5-13)19(20)21/h3-8,10,18H,2,9,11H2,1H3. The van der Waals surface area contributed by atoms with Gasteiger partial charge in [0.15, 0.2) is 0 Å². The zero-order chi connectivity index (χ0) is 15.9. The van der Waals surface area contributed by atoms with Crippen molar-refractivity contribution in [3.63, 3.8) is 0 Å². The highest BCUT2D eigenvalue weighted by Crippen LogP contribution is 2.26. The monoisotopic (exact) mass is 364 g/mol. The van der Waals surface area contributed by atoms with Gasteiger partial charge in [-0.3, -0.25) is 10.1 Å². The van der Waals surface area contributed by atoms with Crippen LogP contribution in [0.1, 0.15) is 18.9 Å². The van der Waals surface area contributed by atoms with Crippen molar-refractivity contribution in [1.29, 1.82) is 0 Å². The Labute approximate surface area is 137 Å². The Morgan fingerprint density at radius 3 is 2.55 bits per heavy atom. The summed E-state index contributed by atoms with van der Waals surface area (Å²) in [5.41, 5.74) is 2.02. The maximum absolute atomic E-state index is 10.6. The average molecular weight is 365 g/mol. The van der Waals surface area contributed by atoms with Crippen molar-refractivity contribution >= 4 is 27.3 Å². The molecule has 0 saturated carbocycles. The first-order valence-electron chi connectivity index (χ1n) is 6.99. The molecule has 0 saturated heterocycles. The first-order chi connectivity index (χ1) is 10.6. The topological polar surface area (TPSA) is 64.4 Å². The fraction of sp³-hybridized carbons (Fsp3) is 0.250. The highest BCUT2D eigenvalue weighted by molar-refractivity contribution is 9.10. The molecule has 2 aromatic rings. The van der Waals surface area contributed by atoms with Gasteiger partial charge in [-0.2, -0.15) is 0 Å².